The molecule has 2 rings (SSSR count). The van der Waals surface area contributed by atoms with Crippen LogP contribution >= 0.6 is 11.3 Å². The summed E-state index contributed by atoms with van der Waals surface area (Å²) >= 11 is 1.70. The van der Waals surface area contributed by atoms with E-state index in [0.29, 0.717) is 6.54 Å². The van der Waals surface area contributed by atoms with Gasteiger partial charge in [-0.2, -0.15) is 4.98 Å². The van der Waals surface area contributed by atoms with Crippen LogP contribution in [-0.2, 0) is 6.54 Å². The molecule has 0 bridgehead atoms. The van der Waals surface area contributed by atoms with Crippen molar-refractivity contribution in [2.24, 2.45) is 0 Å². The Balaban J connectivity index is 1.99. The molecule has 2 aromatic rings. The third-order valence-electron chi connectivity index (χ3n) is 2.35. The fourth-order valence-electron chi connectivity index (χ4n) is 1.35. The Morgan fingerprint density at radius 2 is 2.35 bits per heavy atom. The summed E-state index contributed by atoms with van der Waals surface area (Å²) in [5.74, 6) is -1.09. The zero-order valence-corrected chi connectivity index (χ0v) is 10.3. The monoisotopic (exact) mass is 252 g/mol. The van der Waals surface area contributed by atoms with Crippen molar-refractivity contribution in [2.45, 2.75) is 20.4 Å². The van der Waals surface area contributed by atoms with Crippen molar-refractivity contribution in [3.05, 3.63) is 33.3 Å². The van der Waals surface area contributed by atoms with Gasteiger partial charge in [0.2, 0.25) is 0 Å². The first kappa shape index (κ1) is 11.7. The number of oxazole rings is 1. The Bertz CT molecular complexity index is 525. The van der Waals surface area contributed by atoms with Crippen LogP contribution in [-0.4, -0.2) is 16.1 Å². The number of rotatable bonds is 4. The molecular formula is C11H12N2O3S. The molecule has 2 heterocycles. The lowest BCUT2D eigenvalue weighted by molar-refractivity contribution is 0.0690. The van der Waals surface area contributed by atoms with Crippen LogP contribution in [0.3, 0.4) is 0 Å². The first-order valence-electron chi connectivity index (χ1n) is 5.05. The third kappa shape index (κ3) is 2.65. The number of hydrogen-bond donors (Lipinski definition) is 2. The number of aromatic carboxylic acids is 1. The van der Waals surface area contributed by atoms with Crippen LogP contribution in [0.4, 0.5) is 6.01 Å². The molecule has 2 aromatic heterocycles. The van der Waals surface area contributed by atoms with Crippen molar-refractivity contribution in [1.29, 1.82) is 0 Å². The van der Waals surface area contributed by atoms with Gasteiger partial charge in [-0.3, -0.25) is 0 Å². The molecule has 5 nitrogen and oxygen atoms in total. The minimum absolute atomic E-state index is 0.0916. The van der Waals surface area contributed by atoms with Crippen molar-refractivity contribution in [2.75, 3.05) is 5.32 Å². The smallest absolute Gasteiger partial charge is 0.357 e. The number of carboxylic acid groups (broad SMARTS) is 1. The van der Waals surface area contributed by atoms with Crippen molar-refractivity contribution >= 4 is 23.3 Å². The molecule has 0 fully saturated rings. The van der Waals surface area contributed by atoms with E-state index >= 15 is 0 Å². The molecule has 90 valence electrons. The van der Waals surface area contributed by atoms with Crippen LogP contribution in [0.2, 0.25) is 0 Å². The van der Waals surface area contributed by atoms with Crippen LogP contribution in [0, 0.1) is 13.8 Å². The first-order chi connectivity index (χ1) is 8.06. The standard InChI is InChI=1S/C11H12N2O3S/c1-6-3-8(17-7(6)2)4-12-11-13-9(5-16-11)10(14)15/h3,5H,4H2,1-2H3,(H,12,13)(H,14,15). The molecule has 0 unspecified atom stereocenters. The van der Waals surface area contributed by atoms with Crippen LogP contribution in [0.5, 0.6) is 0 Å². The molecule has 2 N–H and O–H groups in total. The molecule has 17 heavy (non-hydrogen) atoms. The lowest BCUT2D eigenvalue weighted by Gasteiger charge is -1.97. The number of nitrogens with zero attached hydrogens (tertiary/aromatic N) is 1. The molecular weight excluding hydrogens is 240 g/mol. The number of carboxylic acids is 1. The van der Waals surface area contributed by atoms with E-state index in [1.54, 1.807) is 11.3 Å². The van der Waals surface area contributed by atoms with E-state index in [9.17, 15) is 4.79 Å². The second kappa shape index (κ2) is 4.58. The third-order valence-corrected chi connectivity index (χ3v) is 3.51. The highest BCUT2D eigenvalue weighted by atomic mass is 32.1. The minimum Gasteiger partial charge on any atom is -0.476 e. The topological polar surface area (TPSA) is 75.4 Å². The van der Waals surface area contributed by atoms with E-state index in [-0.39, 0.29) is 11.7 Å². The lowest BCUT2D eigenvalue weighted by atomic mass is 10.3. The van der Waals surface area contributed by atoms with Gasteiger partial charge in [0.1, 0.15) is 6.26 Å². The largest absolute Gasteiger partial charge is 0.476 e. The number of anilines is 1. The molecule has 0 saturated carbocycles. The van der Waals surface area contributed by atoms with E-state index in [1.165, 1.54) is 10.4 Å². The highest BCUT2D eigenvalue weighted by Gasteiger charge is 2.10. The summed E-state index contributed by atoms with van der Waals surface area (Å²) in [6.07, 6.45) is 1.12. The highest BCUT2D eigenvalue weighted by molar-refractivity contribution is 7.12. The fourth-order valence-corrected chi connectivity index (χ4v) is 2.35. The number of carbonyl (C=O) groups is 1. The van der Waals surface area contributed by atoms with Gasteiger partial charge < -0.3 is 14.8 Å². The zero-order chi connectivity index (χ0) is 12.4. The predicted molar refractivity (Wildman–Crippen MR) is 64.6 cm³/mol. The van der Waals surface area contributed by atoms with Crippen LogP contribution in [0.1, 0.15) is 25.8 Å². The molecule has 0 aliphatic carbocycles. The second-order valence-electron chi connectivity index (χ2n) is 3.65. The summed E-state index contributed by atoms with van der Waals surface area (Å²) in [6, 6.07) is 2.32. The maximum atomic E-state index is 10.6. The molecule has 0 saturated heterocycles. The van der Waals surface area contributed by atoms with Gasteiger partial charge in [0.25, 0.3) is 6.01 Å². The Morgan fingerprint density at radius 3 is 2.88 bits per heavy atom. The van der Waals surface area contributed by atoms with Crippen LogP contribution in [0.15, 0.2) is 16.7 Å². The van der Waals surface area contributed by atoms with Gasteiger partial charge in [-0.05, 0) is 25.5 Å². The summed E-state index contributed by atoms with van der Waals surface area (Å²) in [4.78, 5) is 16.8. The van der Waals surface area contributed by atoms with Gasteiger partial charge in [-0.25, -0.2) is 4.79 Å². The Morgan fingerprint density at radius 1 is 1.59 bits per heavy atom. The first-order valence-corrected chi connectivity index (χ1v) is 5.86. The van der Waals surface area contributed by atoms with Gasteiger partial charge in [-0.1, -0.05) is 0 Å². The number of hydrogen-bond acceptors (Lipinski definition) is 5. The molecule has 0 aliphatic rings. The SMILES string of the molecule is Cc1cc(CNc2nc(C(=O)O)co2)sc1C. The normalized spacial score (nSPS) is 10.5. The van der Waals surface area contributed by atoms with Gasteiger partial charge in [0.15, 0.2) is 5.69 Å². The molecule has 6 heteroatoms. The molecule has 0 radical (unpaired) electrons. The summed E-state index contributed by atoms with van der Waals surface area (Å²) in [6.45, 7) is 4.71. The predicted octanol–water partition coefficient (Wildman–Crippen LogP) is 2.66. The maximum Gasteiger partial charge on any atom is 0.357 e. The van der Waals surface area contributed by atoms with Crippen molar-refractivity contribution in [1.82, 2.24) is 4.98 Å². The second-order valence-corrected chi connectivity index (χ2v) is 4.99. The minimum atomic E-state index is -1.09. The van der Waals surface area contributed by atoms with Crippen molar-refractivity contribution < 1.29 is 14.3 Å². The molecule has 0 aromatic carbocycles. The van der Waals surface area contributed by atoms with Gasteiger partial charge >= 0.3 is 5.97 Å². The van der Waals surface area contributed by atoms with Gasteiger partial charge in [0.05, 0.1) is 6.54 Å². The Hall–Kier alpha value is -1.82. The van der Waals surface area contributed by atoms with E-state index in [0.717, 1.165) is 11.1 Å². The van der Waals surface area contributed by atoms with E-state index < -0.39 is 5.97 Å². The van der Waals surface area contributed by atoms with Crippen molar-refractivity contribution in [3.63, 3.8) is 0 Å². The van der Waals surface area contributed by atoms with E-state index in [1.807, 2.05) is 0 Å². The van der Waals surface area contributed by atoms with Crippen molar-refractivity contribution in [3.8, 4) is 0 Å². The number of aromatic nitrogens is 1. The average molecular weight is 252 g/mol. The van der Waals surface area contributed by atoms with E-state index in [4.69, 9.17) is 9.52 Å². The summed E-state index contributed by atoms with van der Waals surface area (Å²) in [5.41, 5.74) is 1.16. The fraction of sp³-hybridized carbons (Fsp3) is 0.273. The molecule has 0 atom stereocenters. The summed E-state index contributed by atoms with van der Waals surface area (Å²) in [7, 11) is 0. The molecule has 0 spiro atoms. The highest BCUT2D eigenvalue weighted by Crippen LogP contribution is 2.21. The molecule has 0 amide bonds. The quantitative estimate of drug-likeness (QED) is 0.875. The average Bonchev–Trinajstić information content (AvgIpc) is 2.84. The number of nitrogens with one attached hydrogen (secondary N) is 1. The van der Waals surface area contributed by atoms with E-state index in [2.05, 4.69) is 30.2 Å². The zero-order valence-electron chi connectivity index (χ0n) is 9.48. The van der Waals surface area contributed by atoms with Gasteiger partial charge in [0, 0.05) is 9.75 Å². The molecule has 0 aliphatic heterocycles. The van der Waals surface area contributed by atoms with Crippen LogP contribution < -0.4 is 5.32 Å². The van der Waals surface area contributed by atoms with Gasteiger partial charge in [-0.15, -0.1) is 11.3 Å². The lowest BCUT2D eigenvalue weighted by Crippen LogP contribution is -2.00. The Labute approximate surface area is 102 Å². The summed E-state index contributed by atoms with van der Waals surface area (Å²) in [5, 5.41) is 11.6. The summed E-state index contributed by atoms with van der Waals surface area (Å²) < 4.78 is 4.99. The number of thiophene rings is 1. The van der Waals surface area contributed by atoms with Crippen LogP contribution in [0.25, 0.3) is 0 Å². The maximum absolute atomic E-state index is 10.6. The number of aryl methyl sites for hydroxylation is 2. The Kier molecular flexibility index (Phi) is 3.14.